The van der Waals surface area contributed by atoms with Gasteiger partial charge in [-0.05, 0) is 6.07 Å². The molecule has 0 spiro atoms. The minimum Gasteiger partial charge on any atom is -0.394 e. The molecule has 1 heterocycles. The molecule has 6 heteroatoms. The molecule has 0 aliphatic heterocycles. The molecule has 2 rings (SSSR count). The van der Waals surface area contributed by atoms with Crippen molar-refractivity contribution in [1.29, 1.82) is 0 Å². The van der Waals surface area contributed by atoms with Crippen molar-refractivity contribution >= 4 is 27.5 Å². The molecule has 19 heavy (non-hydrogen) atoms. The number of hydrogen-bond acceptors (Lipinski definition) is 4. The van der Waals surface area contributed by atoms with Crippen LogP contribution < -0.4 is 0 Å². The highest BCUT2D eigenvalue weighted by atomic mass is 32.2. The summed E-state index contributed by atoms with van der Waals surface area (Å²) >= 11 is 0. The number of aliphatic hydroxyl groups is 2. The summed E-state index contributed by atoms with van der Waals surface area (Å²) in [5.41, 5.74) is 1.36. The van der Waals surface area contributed by atoms with E-state index in [2.05, 4.69) is 4.98 Å². The number of aromatic nitrogens is 1. The first-order chi connectivity index (χ1) is 9.11. The van der Waals surface area contributed by atoms with Crippen LogP contribution in [-0.4, -0.2) is 49.4 Å². The number of benzene rings is 1. The summed E-state index contributed by atoms with van der Waals surface area (Å²) < 4.78 is 11.7. The number of carbonyl (C=O) groups is 1. The van der Waals surface area contributed by atoms with Crippen LogP contribution in [0.3, 0.4) is 0 Å². The van der Waals surface area contributed by atoms with Crippen LogP contribution in [0, 0.1) is 0 Å². The van der Waals surface area contributed by atoms with E-state index < -0.39 is 23.5 Å². The Balaban J connectivity index is 2.10. The SMILES string of the molecule is O=C(CS(=O)CC(O)CO)c1c[nH]c2ccccc12. The lowest BCUT2D eigenvalue weighted by molar-refractivity contribution is 0.102. The Morgan fingerprint density at radius 1 is 1.37 bits per heavy atom. The Hall–Kier alpha value is -1.50. The van der Waals surface area contributed by atoms with Crippen molar-refractivity contribution in [2.24, 2.45) is 0 Å². The van der Waals surface area contributed by atoms with Gasteiger partial charge in [0, 0.05) is 33.5 Å². The van der Waals surface area contributed by atoms with Gasteiger partial charge in [-0.15, -0.1) is 0 Å². The van der Waals surface area contributed by atoms with Crippen LogP contribution in [0.25, 0.3) is 10.9 Å². The molecule has 0 bridgehead atoms. The topological polar surface area (TPSA) is 90.4 Å². The Kier molecular flexibility index (Phi) is 4.47. The van der Waals surface area contributed by atoms with Crippen LogP contribution in [0.5, 0.6) is 0 Å². The summed E-state index contributed by atoms with van der Waals surface area (Å²) in [7, 11) is -1.48. The first-order valence-electron chi connectivity index (χ1n) is 5.85. The molecule has 2 aromatic rings. The van der Waals surface area contributed by atoms with Gasteiger partial charge in [-0.25, -0.2) is 0 Å². The van der Waals surface area contributed by atoms with Crippen LogP contribution >= 0.6 is 0 Å². The highest BCUT2D eigenvalue weighted by Crippen LogP contribution is 2.18. The van der Waals surface area contributed by atoms with Crippen LogP contribution in [0.2, 0.25) is 0 Å². The maximum absolute atomic E-state index is 12.0. The summed E-state index contributed by atoms with van der Waals surface area (Å²) in [6, 6.07) is 7.38. The quantitative estimate of drug-likeness (QED) is 0.671. The molecular formula is C13H15NO4S. The predicted octanol–water partition coefficient (Wildman–Crippen LogP) is 0.452. The van der Waals surface area contributed by atoms with Gasteiger partial charge in [0.25, 0.3) is 0 Å². The summed E-state index contributed by atoms with van der Waals surface area (Å²) in [6.45, 7) is -0.451. The average Bonchev–Trinajstić information content (AvgIpc) is 2.82. The van der Waals surface area contributed by atoms with E-state index in [-0.39, 0.29) is 17.3 Å². The number of nitrogens with one attached hydrogen (secondary N) is 1. The second-order valence-electron chi connectivity index (χ2n) is 4.26. The van der Waals surface area contributed by atoms with Gasteiger partial charge in [-0.3, -0.25) is 9.00 Å². The number of aliphatic hydroxyl groups excluding tert-OH is 2. The third kappa shape index (κ3) is 3.28. The summed E-state index contributed by atoms with van der Waals surface area (Å²) in [4.78, 5) is 15.0. The van der Waals surface area contributed by atoms with Gasteiger partial charge in [0.15, 0.2) is 5.78 Å². The minimum atomic E-state index is -1.48. The fourth-order valence-corrected chi connectivity index (χ4v) is 2.95. The van der Waals surface area contributed by atoms with Gasteiger partial charge in [0.1, 0.15) is 0 Å². The summed E-state index contributed by atoms with van der Waals surface area (Å²) in [5.74, 6) is -0.482. The van der Waals surface area contributed by atoms with Crippen molar-refractivity contribution < 1.29 is 19.2 Å². The second-order valence-corrected chi connectivity index (χ2v) is 5.76. The zero-order chi connectivity index (χ0) is 13.8. The molecule has 1 aromatic carbocycles. The van der Waals surface area contributed by atoms with Crippen molar-refractivity contribution in [3.05, 3.63) is 36.0 Å². The lowest BCUT2D eigenvalue weighted by Crippen LogP contribution is -2.24. The average molecular weight is 281 g/mol. The third-order valence-electron chi connectivity index (χ3n) is 2.77. The Labute approximate surface area is 112 Å². The zero-order valence-electron chi connectivity index (χ0n) is 10.2. The molecule has 0 aliphatic rings. The first-order valence-corrected chi connectivity index (χ1v) is 7.34. The van der Waals surface area contributed by atoms with Crippen LogP contribution in [0.4, 0.5) is 0 Å². The molecule has 0 aliphatic carbocycles. The molecule has 0 saturated heterocycles. The fraction of sp³-hybridized carbons (Fsp3) is 0.308. The Morgan fingerprint density at radius 3 is 2.84 bits per heavy atom. The van der Waals surface area contributed by atoms with E-state index in [0.717, 1.165) is 10.9 Å². The van der Waals surface area contributed by atoms with Crippen LogP contribution in [0.15, 0.2) is 30.5 Å². The van der Waals surface area contributed by atoms with Gasteiger partial charge in [0.2, 0.25) is 0 Å². The molecule has 0 fully saturated rings. The van der Waals surface area contributed by atoms with Crippen LogP contribution in [0.1, 0.15) is 10.4 Å². The second kappa shape index (κ2) is 6.10. The minimum absolute atomic E-state index is 0.0927. The monoisotopic (exact) mass is 281 g/mol. The maximum Gasteiger partial charge on any atom is 0.177 e. The lowest BCUT2D eigenvalue weighted by Gasteiger charge is -2.06. The van der Waals surface area contributed by atoms with Gasteiger partial charge in [-0.2, -0.15) is 0 Å². The van der Waals surface area contributed by atoms with E-state index >= 15 is 0 Å². The van der Waals surface area contributed by atoms with Crippen molar-refractivity contribution in [2.45, 2.75) is 6.10 Å². The van der Waals surface area contributed by atoms with Crippen molar-refractivity contribution in [3.8, 4) is 0 Å². The van der Waals surface area contributed by atoms with E-state index in [4.69, 9.17) is 5.11 Å². The number of carbonyl (C=O) groups excluding carboxylic acids is 1. The van der Waals surface area contributed by atoms with Crippen molar-refractivity contribution in [2.75, 3.05) is 18.1 Å². The number of hydrogen-bond donors (Lipinski definition) is 3. The standard InChI is InChI=1S/C13H15NO4S/c15-6-9(16)7-19(18)8-13(17)11-5-14-12-4-2-1-3-10(11)12/h1-5,9,14-16H,6-8H2. The summed E-state index contributed by atoms with van der Waals surface area (Å²) in [6.07, 6.45) is 0.559. The first kappa shape index (κ1) is 13.9. The Morgan fingerprint density at radius 2 is 2.11 bits per heavy atom. The van der Waals surface area contributed by atoms with Gasteiger partial charge < -0.3 is 15.2 Å². The Bertz CT molecular complexity index is 607. The molecule has 1 aromatic heterocycles. The van der Waals surface area contributed by atoms with E-state index in [1.165, 1.54) is 0 Å². The van der Waals surface area contributed by atoms with E-state index in [1.807, 2.05) is 24.3 Å². The largest absolute Gasteiger partial charge is 0.394 e. The molecule has 3 N–H and O–H groups in total. The lowest BCUT2D eigenvalue weighted by atomic mass is 10.1. The molecule has 0 amide bonds. The third-order valence-corrected chi connectivity index (χ3v) is 4.11. The predicted molar refractivity (Wildman–Crippen MR) is 73.6 cm³/mol. The molecular weight excluding hydrogens is 266 g/mol. The number of ketones is 1. The highest BCUT2D eigenvalue weighted by Gasteiger charge is 2.16. The maximum atomic E-state index is 12.0. The van der Waals surface area contributed by atoms with Crippen LogP contribution in [-0.2, 0) is 10.8 Å². The van der Waals surface area contributed by atoms with E-state index in [9.17, 15) is 14.1 Å². The highest BCUT2D eigenvalue weighted by molar-refractivity contribution is 7.85. The van der Waals surface area contributed by atoms with E-state index in [1.54, 1.807) is 6.20 Å². The molecule has 5 nitrogen and oxygen atoms in total. The number of para-hydroxylation sites is 1. The number of Topliss-reactive ketones (excluding diaryl/α,β-unsaturated/α-hetero) is 1. The molecule has 0 radical (unpaired) electrons. The normalized spacial score (nSPS) is 14.4. The smallest absolute Gasteiger partial charge is 0.177 e. The molecule has 2 unspecified atom stereocenters. The molecule has 102 valence electrons. The number of H-pyrrole nitrogens is 1. The zero-order valence-corrected chi connectivity index (χ0v) is 11.0. The fourth-order valence-electron chi connectivity index (χ4n) is 1.85. The van der Waals surface area contributed by atoms with Gasteiger partial charge in [-0.1, -0.05) is 18.2 Å². The van der Waals surface area contributed by atoms with Gasteiger partial charge >= 0.3 is 0 Å². The number of aromatic amines is 1. The van der Waals surface area contributed by atoms with E-state index in [0.29, 0.717) is 5.56 Å². The molecule has 2 atom stereocenters. The number of rotatable bonds is 6. The summed E-state index contributed by atoms with van der Waals surface area (Å²) in [5, 5.41) is 18.7. The van der Waals surface area contributed by atoms with Crippen molar-refractivity contribution in [3.63, 3.8) is 0 Å². The molecule has 0 saturated carbocycles. The number of fused-ring (bicyclic) bond motifs is 1. The van der Waals surface area contributed by atoms with Crippen molar-refractivity contribution in [1.82, 2.24) is 4.98 Å². The van der Waals surface area contributed by atoms with Gasteiger partial charge in [0.05, 0.1) is 24.2 Å².